The Morgan fingerprint density at radius 3 is 1.66 bits per heavy atom. The van der Waals surface area contributed by atoms with Gasteiger partial charge in [-0.25, -0.2) is 23.4 Å². The van der Waals surface area contributed by atoms with E-state index >= 15 is 0 Å². The molecule has 2 heterocycles. The Hall–Kier alpha value is -6.50. The van der Waals surface area contributed by atoms with Crippen molar-refractivity contribution in [1.29, 1.82) is 0 Å². The van der Waals surface area contributed by atoms with E-state index in [-0.39, 0.29) is 56.0 Å². The van der Waals surface area contributed by atoms with Gasteiger partial charge in [-0.2, -0.15) is 0 Å². The zero-order chi connectivity index (χ0) is 43.6. The summed E-state index contributed by atoms with van der Waals surface area (Å²) >= 11 is 0. The van der Waals surface area contributed by atoms with E-state index in [1.165, 1.54) is 6.92 Å². The molecule has 1 spiro atoms. The summed E-state index contributed by atoms with van der Waals surface area (Å²) in [4.78, 5) is 14.4. The van der Waals surface area contributed by atoms with Gasteiger partial charge >= 0.3 is 0 Å². The zero-order valence-electron chi connectivity index (χ0n) is 37.0. The van der Waals surface area contributed by atoms with Crippen molar-refractivity contribution in [2.45, 2.75) is 22.1 Å². The number of aromatic nitrogens is 3. The molecule has 0 fully saturated rings. The first-order valence-electron chi connectivity index (χ1n) is 21.4. The van der Waals surface area contributed by atoms with Gasteiger partial charge in [-0.05, 0) is 75.7 Å². The van der Waals surface area contributed by atoms with Crippen LogP contribution in [0.2, 0.25) is 0 Å². The lowest BCUT2D eigenvalue weighted by Gasteiger charge is -2.42. The molecule has 0 saturated heterocycles. The minimum absolute atomic E-state index is 0.0523. The molecule has 0 bridgehead atoms. The number of nitrogens with zero attached hydrogens (tertiary/aromatic N) is 3. The first kappa shape index (κ1) is 23.1. The van der Waals surface area contributed by atoms with Crippen LogP contribution in [0.3, 0.4) is 0 Å². The van der Waals surface area contributed by atoms with Gasteiger partial charge in [0.05, 0.1) is 27.5 Å². The molecule has 1 aliphatic heterocycles. The van der Waals surface area contributed by atoms with Crippen LogP contribution >= 0.6 is 0 Å². The Morgan fingerprint density at radius 1 is 0.491 bits per heavy atom. The van der Waals surface area contributed by atoms with E-state index in [2.05, 4.69) is 4.98 Å². The van der Waals surface area contributed by atoms with Crippen LogP contribution in [-0.2, 0) is 15.3 Å². The van der Waals surface area contributed by atoms with Crippen LogP contribution in [0, 0.1) is 6.92 Å². The molecule has 0 radical (unpaired) electrons. The van der Waals surface area contributed by atoms with Gasteiger partial charge in [0.25, 0.3) is 0 Å². The van der Waals surface area contributed by atoms with Crippen LogP contribution in [0.15, 0.2) is 179 Å². The van der Waals surface area contributed by atoms with Crippen molar-refractivity contribution in [2.75, 3.05) is 0 Å². The second-order valence-corrected chi connectivity index (χ2v) is 14.8. The minimum Gasteiger partial charge on any atom is -0.218 e. The SMILES string of the molecule is [2H]c1c([2H])c([2H])c(-c2nc(-c3ccc4c(c3)C3(c5ccccc5-c5ccccc5-4)c4ccccc4S(=O)(=O)c4ccccc43)nc(-c3c([2H])c([2H])c([2H])c(C)c3[2H])n2)c([2H])c1[2H]. The molecule has 8 aromatic rings. The highest BCUT2D eigenvalue weighted by molar-refractivity contribution is 7.91. The maximum atomic E-state index is 14.6. The molecule has 0 N–H and O–H groups in total. The third kappa shape index (κ3) is 4.62. The van der Waals surface area contributed by atoms with Crippen molar-refractivity contribution < 1.29 is 20.8 Å². The van der Waals surface area contributed by atoms with Gasteiger partial charge in [-0.15, -0.1) is 0 Å². The summed E-state index contributed by atoms with van der Waals surface area (Å²) in [5, 5.41) is 0. The Bertz CT molecular complexity index is 3210. The van der Waals surface area contributed by atoms with Crippen molar-refractivity contribution in [3.63, 3.8) is 0 Å². The van der Waals surface area contributed by atoms with Gasteiger partial charge in [0.1, 0.15) is 0 Å². The molecule has 10 rings (SSSR count). The predicted octanol–water partition coefficient (Wildman–Crippen LogP) is 10.4. The van der Waals surface area contributed by atoms with Crippen LogP contribution in [-0.4, -0.2) is 23.4 Å². The molecule has 1 aromatic heterocycles. The quantitative estimate of drug-likeness (QED) is 0.183. The molecule has 7 aromatic carbocycles. The molecule has 1 aliphatic carbocycles. The second-order valence-electron chi connectivity index (χ2n) is 12.9. The number of fused-ring (bicyclic) bond motifs is 11. The van der Waals surface area contributed by atoms with E-state index in [4.69, 9.17) is 22.3 Å². The minimum atomic E-state index is -4.01. The summed E-state index contributed by atoms with van der Waals surface area (Å²) in [6, 6.07) is 30.8. The van der Waals surface area contributed by atoms with E-state index in [9.17, 15) is 8.42 Å². The molecule has 2 aliphatic rings. The lowest BCUT2D eigenvalue weighted by Crippen LogP contribution is -2.38. The molecular weight excluding hydrogens is 671 g/mol. The second kappa shape index (κ2) is 11.8. The molecule has 252 valence electrons. The maximum absolute atomic E-state index is 14.6. The highest BCUT2D eigenvalue weighted by Crippen LogP contribution is 2.59. The van der Waals surface area contributed by atoms with Crippen LogP contribution in [0.5, 0.6) is 0 Å². The Labute approximate surface area is 320 Å². The molecule has 0 unspecified atom stereocenters. The summed E-state index contributed by atoms with van der Waals surface area (Å²) in [6.07, 6.45) is 0. The van der Waals surface area contributed by atoms with E-state index in [0.29, 0.717) is 22.3 Å². The average molecular weight is 711 g/mol. The van der Waals surface area contributed by atoms with Crippen molar-refractivity contribution in [3.8, 4) is 56.4 Å². The van der Waals surface area contributed by atoms with Crippen molar-refractivity contribution in [2.24, 2.45) is 0 Å². The number of sulfone groups is 1. The molecule has 53 heavy (non-hydrogen) atoms. The largest absolute Gasteiger partial charge is 0.218 e. The van der Waals surface area contributed by atoms with Crippen LogP contribution < -0.4 is 0 Å². The van der Waals surface area contributed by atoms with E-state index in [0.717, 1.165) is 27.8 Å². The number of benzene rings is 7. The monoisotopic (exact) mass is 710 g/mol. The molecule has 0 saturated carbocycles. The molecule has 6 heteroatoms. The van der Waals surface area contributed by atoms with Gasteiger partial charge in [-0.3, -0.25) is 0 Å². The third-order valence-corrected chi connectivity index (χ3v) is 11.9. The normalized spacial score (nSPS) is 16.6. The standard InChI is InChI=1S/C47H31N3O2S/c1-30-14-13-17-32(28-30)45-48-44(31-15-3-2-4-16-31)49-46(50-45)33-26-27-37-35-19-6-5-18-34(35)36-20-7-8-21-38(36)47(41(37)29-33)39-22-9-11-24-42(39)53(51,52)43-25-12-10-23-40(43)47/h2-29H,1H3/i2D,3D,4D,13D,14D,15D,16D,17D,28D. The average Bonchev–Trinajstić information content (AvgIpc) is 3.39. The van der Waals surface area contributed by atoms with Crippen molar-refractivity contribution in [1.82, 2.24) is 15.0 Å². The summed E-state index contributed by atoms with van der Waals surface area (Å²) in [5.41, 5.74) is 4.68. The number of hydrogen-bond donors (Lipinski definition) is 0. The summed E-state index contributed by atoms with van der Waals surface area (Å²) in [5.74, 6) is -0.661. The smallest absolute Gasteiger partial charge is 0.207 e. The highest BCUT2D eigenvalue weighted by atomic mass is 32.2. The summed E-state index contributed by atoms with van der Waals surface area (Å²) in [6.45, 7) is 1.48. The maximum Gasteiger partial charge on any atom is 0.207 e. The highest BCUT2D eigenvalue weighted by Gasteiger charge is 2.51. The first-order chi connectivity index (χ1) is 29.7. The van der Waals surface area contributed by atoms with Gasteiger partial charge in [0.15, 0.2) is 17.5 Å². The number of hydrogen-bond acceptors (Lipinski definition) is 5. The van der Waals surface area contributed by atoms with Crippen LogP contribution in [0.4, 0.5) is 0 Å². The Balaban J connectivity index is 1.37. The van der Waals surface area contributed by atoms with E-state index in [1.54, 1.807) is 30.3 Å². The van der Waals surface area contributed by atoms with Gasteiger partial charge in [0.2, 0.25) is 9.84 Å². The molecule has 0 amide bonds. The predicted molar refractivity (Wildman–Crippen MR) is 209 cm³/mol. The van der Waals surface area contributed by atoms with Crippen LogP contribution in [0.25, 0.3) is 56.4 Å². The Kier molecular flexibility index (Phi) is 5.14. The fourth-order valence-electron chi connectivity index (χ4n) is 7.88. The van der Waals surface area contributed by atoms with Gasteiger partial charge < -0.3 is 0 Å². The first-order valence-corrected chi connectivity index (χ1v) is 18.4. The van der Waals surface area contributed by atoms with Crippen molar-refractivity contribution in [3.05, 3.63) is 197 Å². The van der Waals surface area contributed by atoms with Gasteiger partial charge in [0, 0.05) is 16.7 Å². The summed E-state index contributed by atoms with van der Waals surface area (Å²) in [7, 11) is -4.01. The fraction of sp³-hybridized carbons (Fsp3) is 0.0426. The topological polar surface area (TPSA) is 72.8 Å². The lowest BCUT2D eigenvalue weighted by molar-refractivity contribution is 0.579. The lowest BCUT2D eigenvalue weighted by atomic mass is 9.63. The molecular formula is C47H31N3O2S. The van der Waals surface area contributed by atoms with E-state index in [1.807, 2.05) is 84.9 Å². The molecule has 5 nitrogen and oxygen atoms in total. The Morgan fingerprint density at radius 2 is 1.00 bits per heavy atom. The molecule has 0 atom stereocenters. The van der Waals surface area contributed by atoms with Crippen molar-refractivity contribution >= 4 is 9.84 Å². The number of rotatable bonds is 3. The third-order valence-electron chi connectivity index (χ3n) is 10.0. The summed E-state index contributed by atoms with van der Waals surface area (Å²) < 4.78 is 107. The van der Waals surface area contributed by atoms with E-state index < -0.39 is 57.5 Å². The zero-order valence-corrected chi connectivity index (χ0v) is 28.9. The van der Waals surface area contributed by atoms with Gasteiger partial charge in [-0.1, -0.05) is 151 Å². The van der Waals surface area contributed by atoms with Crippen LogP contribution in [0.1, 0.15) is 40.2 Å². The fourth-order valence-corrected chi connectivity index (χ4v) is 9.65.